The number of hydrogen-bond donors (Lipinski definition) is 1. The van der Waals surface area contributed by atoms with Gasteiger partial charge in [0, 0.05) is 5.69 Å². The molecule has 2 saturated carbocycles. The molecule has 2 aliphatic carbocycles. The van der Waals surface area contributed by atoms with Crippen LogP contribution in [0.1, 0.15) is 24.8 Å². The second-order valence-corrected chi connectivity index (χ2v) is 7.01. The number of hydrogen-bond acceptors (Lipinski definition) is 3. The average molecular weight is 312 g/mol. The quantitative estimate of drug-likeness (QED) is 0.868. The molecule has 2 bridgehead atoms. The normalized spacial score (nSPS) is 31.6. The molecular formula is C18H20N2O3. The average Bonchev–Trinajstić information content (AvgIpc) is 3.19. The Morgan fingerprint density at radius 3 is 2.35 bits per heavy atom. The molecule has 1 aromatic rings. The molecule has 1 heterocycles. The molecule has 3 aliphatic rings. The second kappa shape index (κ2) is 5.18. The van der Waals surface area contributed by atoms with Gasteiger partial charge in [-0.3, -0.25) is 19.3 Å². The minimum atomic E-state index is -0.312. The van der Waals surface area contributed by atoms with Crippen LogP contribution in [0.3, 0.4) is 0 Å². The Balaban J connectivity index is 1.47. The van der Waals surface area contributed by atoms with Gasteiger partial charge >= 0.3 is 0 Å². The summed E-state index contributed by atoms with van der Waals surface area (Å²) in [5, 5.41) is 2.80. The van der Waals surface area contributed by atoms with E-state index in [0.717, 1.165) is 30.5 Å². The van der Waals surface area contributed by atoms with E-state index in [1.54, 1.807) is 0 Å². The first-order valence-corrected chi connectivity index (χ1v) is 8.27. The Morgan fingerprint density at radius 1 is 1.13 bits per heavy atom. The molecule has 1 saturated heterocycles. The van der Waals surface area contributed by atoms with E-state index in [-0.39, 0.29) is 36.1 Å². The van der Waals surface area contributed by atoms with Crippen molar-refractivity contribution in [3.8, 4) is 0 Å². The minimum Gasteiger partial charge on any atom is -0.324 e. The summed E-state index contributed by atoms with van der Waals surface area (Å²) in [4.78, 5) is 38.6. The number of carbonyl (C=O) groups excluding carboxylic acids is 3. The fourth-order valence-electron chi connectivity index (χ4n) is 4.67. The minimum absolute atomic E-state index is 0.132. The summed E-state index contributed by atoms with van der Waals surface area (Å²) in [6, 6.07) is 7.46. The Labute approximate surface area is 135 Å². The molecule has 120 valence electrons. The van der Waals surface area contributed by atoms with E-state index in [2.05, 4.69) is 5.32 Å². The summed E-state index contributed by atoms with van der Waals surface area (Å²) in [5.74, 6) is -0.190. The number of anilines is 1. The van der Waals surface area contributed by atoms with E-state index >= 15 is 0 Å². The Bertz CT molecular complexity index is 671. The van der Waals surface area contributed by atoms with Crippen LogP contribution in [0.2, 0.25) is 0 Å². The lowest BCUT2D eigenvalue weighted by Gasteiger charge is -2.19. The van der Waals surface area contributed by atoms with Gasteiger partial charge in [0.15, 0.2) is 0 Å². The third-order valence-corrected chi connectivity index (χ3v) is 5.74. The van der Waals surface area contributed by atoms with Crippen LogP contribution in [-0.4, -0.2) is 29.2 Å². The molecule has 4 atom stereocenters. The lowest BCUT2D eigenvalue weighted by atomic mass is 9.81. The van der Waals surface area contributed by atoms with Gasteiger partial charge in [-0.2, -0.15) is 0 Å². The zero-order valence-electron chi connectivity index (χ0n) is 13.1. The van der Waals surface area contributed by atoms with Crippen molar-refractivity contribution in [2.45, 2.75) is 26.2 Å². The summed E-state index contributed by atoms with van der Waals surface area (Å²) in [5.41, 5.74) is 1.67. The highest BCUT2D eigenvalue weighted by atomic mass is 16.2. The summed E-state index contributed by atoms with van der Waals surface area (Å²) >= 11 is 0. The fourth-order valence-corrected chi connectivity index (χ4v) is 4.67. The predicted octanol–water partition coefficient (Wildman–Crippen LogP) is 1.96. The highest BCUT2D eigenvalue weighted by Crippen LogP contribution is 2.56. The number of fused-ring (bicyclic) bond motifs is 5. The molecule has 5 nitrogen and oxygen atoms in total. The van der Waals surface area contributed by atoms with E-state index in [0.29, 0.717) is 11.8 Å². The van der Waals surface area contributed by atoms with Gasteiger partial charge in [-0.25, -0.2) is 0 Å². The molecule has 23 heavy (non-hydrogen) atoms. The highest BCUT2D eigenvalue weighted by Gasteiger charge is 2.60. The zero-order valence-corrected chi connectivity index (χ0v) is 13.1. The molecule has 0 radical (unpaired) electrons. The van der Waals surface area contributed by atoms with Crippen LogP contribution >= 0.6 is 0 Å². The van der Waals surface area contributed by atoms with E-state index in [9.17, 15) is 14.4 Å². The van der Waals surface area contributed by atoms with Crippen molar-refractivity contribution in [1.82, 2.24) is 4.90 Å². The van der Waals surface area contributed by atoms with Gasteiger partial charge in [-0.15, -0.1) is 0 Å². The zero-order chi connectivity index (χ0) is 16.1. The number of benzene rings is 1. The number of likely N-dealkylation sites (tertiary alicyclic amines) is 1. The van der Waals surface area contributed by atoms with Crippen LogP contribution in [0, 0.1) is 30.6 Å². The summed E-state index contributed by atoms with van der Waals surface area (Å²) in [7, 11) is 0. The number of aryl methyl sites for hydroxylation is 1. The van der Waals surface area contributed by atoms with Crippen LogP contribution in [0.15, 0.2) is 24.3 Å². The van der Waals surface area contributed by atoms with Gasteiger partial charge in [0.1, 0.15) is 6.54 Å². The van der Waals surface area contributed by atoms with Crippen molar-refractivity contribution in [2.24, 2.45) is 23.7 Å². The second-order valence-electron chi connectivity index (χ2n) is 7.01. The first kappa shape index (κ1) is 14.4. The molecule has 4 rings (SSSR count). The number of carbonyl (C=O) groups is 3. The number of para-hydroxylation sites is 1. The van der Waals surface area contributed by atoms with Crippen molar-refractivity contribution in [3.63, 3.8) is 0 Å². The predicted molar refractivity (Wildman–Crippen MR) is 84.3 cm³/mol. The maximum absolute atomic E-state index is 12.6. The van der Waals surface area contributed by atoms with Crippen LogP contribution in [-0.2, 0) is 14.4 Å². The third kappa shape index (κ3) is 2.18. The summed E-state index contributed by atoms with van der Waals surface area (Å²) < 4.78 is 0. The molecule has 1 aromatic carbocycles. The van der Waals surface area contributed by atoms with Crippen molar-refractivity contribution >= 4 is 23.4 Å². The molecule has 3 fully saturated rings. The van der Waals surface area contributed by atoms with Gasteiger partial charge in [0.2, 0.25) is 17.7 Å². The molecular weight excluding hydrogens is 292 g/mol. The fraction of sp³-hybridized carbons (Fsp3) is 0.500. The third-order valence-electron chi connectivity index (χ3n) is 5.74. The van der Waals surface area contributed by atoms with Crippen molar-refractivity contribution in [2.75, 3.05) is 11.9 Å². The highest BCUT2D eigenvalue weighted by molar-refractivity contribution is 6.09. The molecule has 0 spiro atoms. The molecule has 5 heteroatoms. The van der Waals surface area contributed by atoms with Crippen LogP contribution < -0.4 is 5.32 Å². The Kier molecular flexibility index (Phi) is 3.25. The number of nitrogens with zero attached hydrogens (tertiary/aromatic N) is 1. The van der Waals surface area contributed by atoms with Crippen LogP contribution in [0.25, 0.3) is 0 Å². The van der Waals surface area contributed by atoms with Crippen LogP contribution in [0.5, 0.6) is 0 Å². The Morgan fingerprint density at radius 2 is 1.74 bits per heavy atom. The van der Waals surface area contributed by atoms with Gasteiger partial charge in [0.05, 0.1) is 11.8 Å². The smallest absolute Gasteiger partial charge is 0.244 e. The van der Waals surface area contributed by atoms with E-state index in [1.807, 2.05) is 31.2 Å². The van der Waals surface area contributed by atoms with Crippen LogP contribution in [0.4, 0.5) is 5.69 Å². The lowest BCUT2D eigenvalue weighted by Crippen LogP contribution is -2.39. The lowest BCUT2D eigenvalue weighted by molar-refractivity contribution is -0.143. The number of nitrogens with one attached hydrogen (secondary N) is 1. The first-order valence-electron chi connectivity index (χ1n) is 8.27. The number of amides is 3. The molecule has 1 N–H and O–H groups in total. The van der Waals surface area contributed by atoms with E-state index in [1.165, 1.54) is 4.90 Å². The largest absolute Gasteiger partial charge is 0.324 e. The van der Waals surface area contributed by atoms with Gasteiger partial charge < -0.3 is 5.32 Å². The van der Waals surface area contributed by atoms with Crippen molar-refractivity contribution in [3.05, 3.63) is 29.8 Å². The number of imide groups is 1. The SMILES string of the molecule is Cc1ccccc1NC(=O)CN1C(=O)[C@H]2[C@@H]3CC[C@@H](C3)[C@@H]2C1=O. The maximum Gasteiger partial charge on any atom is 0.244 e. The number of rotatable bonds is 3. The summed E-state index contributed by atoms with van der Waals surface area (Å²) in [6.07, 6.45) is 3.11. The van der Waals surface area contributed by atoms with Gasteiger partial charge in [0.25, 0.3) is 0 Å². The topological polar surface area (TPSA) is 66.5 Å². The van der Waals surface area contributed by atoms with Crippen molar-refractivity contribution in [1.29, 1.82) is 0 Å². The van der Waals surface area contributed by atoms with Crippen molar-refractivity contribution < 1.29 is 14.4 Å². The van der Waals surface area contributed by atoms with E-state index < -0.39 is 0 Å². The molecule has 0 unspecified atom stereocenters. The monoisotopic (exact) mass is 312 g/mol. The molecule has 1 aliphatic heterocycles. The maximum atomic E-state index is 12.6. The summed E-state index contributed by atoms with van der Waals surface area (Å²) in [6.45, 7) is 1.74. The van der Waals surface area contributed by atoms with E-state index in [4.69, 9.17) is 0 Å². The molecule has 0 aromatic heterocycles. The standard InChI is InChI=1S/C18H20N2O3/c1-10-4-2-3-5-13(10)19-14(21)9-20-17(22)15-11-6-7-12(8-11)16(15)18(20)23/h2-5,11-12,15-16H,6-9H2,1H3,(H,19,21)/t11-,12+,15-,16-/m0/s1. The first-order chi connectivity index (χ1) is 11.1. The Hall–Kier alpha value is -2.17. The van der Waals surface area contributed by atoms with Gasteiger partial charge in [-0.1, -0.05) is 18.2 Å². The van der Waals surface area contributed by atoms with Gasteiger partial charge in [-0.05, 0) is 49.7 Å². The molecule has 3 amide bonds.